The number of hydrogen-bond donors (Lipinski definition) is 3. The van der Waals surface area contributed by atoms with Gasteiger partial charge < -0.3 is 15.5 Å². The first-order valence-electron chi connectivity index (χ1n) is 4.91. The molecular weight excluding hydrogens is 216 g/mol. The van der Waals surface area contributed by atoms with Gasteiger partial charge in [0.15, 0.2) is 0 Å². The van der Waals surface area contributed by atoms with E-state index in [1.54, 1.807) is 6.92 Å². The third-order valence-electron chi connectivity index (χ3n) is 2.42. The molecule has 16 heavy (non-hydrogen) atoms. The van der Waals surface area contributed by atoms with Crippen molar-refractivity contribution in [2.45, 2.75) is 19.0 Å². The molecular formula is C11H15F2NO2. The monoisotopic (exact) mass is 231 g/mol. The zero-order chi connectivity index (χ0) is 12.2. The highest BCUT2D eigenvalue weighted by Gasteiger charge is 2.21. The van der Waals surface area contributed by atoms with Crippen LogP contribution in [0.2, 0.25) is 0 Å². The van der Waals surface area contributed by atoms with E-state index in [2.05, 4.69) is 5.32 Å². The molecule has 1 rings (SSSR count). The first-order valence-corrected chi connectivity index (χ1v) is 4.91. The highest BCUT2D eigenvalue weighted by Crippen LogP contribution is 2.11. The van der Waals surface area contributed by atoms with Gasteiger partial charge in [0.25, 0.3) is 0 Å². The van der Waals surface area contributed by atoms with Gasteiger partial charge in [-0.05, 0) is 13.0 Å². The van der Waals surface area contributed by atoms with E-state index in [1.165, 1.54) is 6.07 Å². The third-order valence-corrected chi connectivity index (χ3v) is 2.42. The summed E-state index contributed by atoms with van der Waals surface area (Å²) in [5, 5.41) is 20.8. The van der Waals surface area contributed by atoms with Crippen LogP contribution in [0.15, 0.2) is 18.2 Å². The summed E-state index contributed by atoms with van der Waals surface area (Å²) >= 11 is 0. The molecule has 0 heterocycles. The Balaban J connectivity index is 2.67. The lowest BCUT2D eigenvalue weighted by atomic mass is 10.0. The molecule has 0 bridgehead atoms. The molecule has 0 saturated carbocycles. The fraction of sp³-hybridized carbons (Fsp3) is 0.455. The number of rotatable bonds is 5. The van der Waals surface area contributed by atoms with Crippen molar-refractivity contribution in [3.05, 3.63) is 35.4 Å². The van der Waals surface area contributed by atoms with Gasteiger partial charge in [0, 0.05) is 18.2 Å². The normalized spacial score (nSPS) is 11.8. The van der Waals surface area contributed by atoms with Crippen LogP contribution in [0.5, 0.6) is 0 Å². The van der Waals surface area contributed by atoms with E-state index in [4.69, 9.17) is 10.2 Å². The number of halogens is 2. The van der Waals surface area contributed by atoms with Gasteiger partial charge in [0.2, 0.25) is 0 Å². The maximum absolute atomic E-state index is 13.2. The Kier molecular flexibility index (Phi) is 4.35. The van der Waals surface area contributed by atoms with E-state index in [0.717, 1.165) is 12.1 Å². The average Bonchev–Trinajstić information content (AvgIpc) is 2.27. The van der Waals surface area contributed by atoms with Crippen LogP contribution in [0, 0.1) is 11.6 Å². The summed E-state index contributed by atoms with van der Waals surface area (Å²) in [4.78, 5) is 0. The minimum atomic E-state index is -0.874. The van der Waals surface area contributed by atoms with Crippen molar-refractivity contribution in [1.29, 1.82) is 0 Å². The van der Waals surface area contributed by atoms with Crippen LogP contribution in [0.4, 0.5) is 8.78 Å². The lowest BCUT2D eigenvalue weighted by Crippen LogP contribution is -2.48. The van der Waals surface area contributed by atoms with E-state index in [9.17, 15) is 8.78 Å². The minimum absolute atomic E-state index is 0.115. The molecule has 5 heteroatoms. The molecule has 0 unspecified atom stereocenters. The van der Waals surface area contributed by atoms with E-state index < -0.39 is 17.2 Å². The van der Waals surface area contributed by atoms with E-state index in [0.29, 0.717) is 0 Å². The second-order valence-corrected chi connectivity index (χ2v) is 3.97. The van der Waals surface area contributed by atoms with Crippen molar-refractivity contribution in [1.82, 2.24) is 5.32 Å². The van der Waals surface area contributed by atoms with Crippen LogP contribution >= 0.6 is 0 Å². The summed E-state index contributed by atoms with van der Waals surface area (Å²) < 4.78 is 25.8. The number of aliphatic hydroxyl groups excluding tert-OH is 2. The standard InChI is InChI=1S/C11H15F2NO2/c1-11(6-15,7-16)14-5-8-2-3-9(12)4-10(8)13/h2-4,14-16H,5-7H2,1H3. The fourth-order valence-electron chi connectivity index (χ4n) is 1.14. The van der Waals surface area contributed by atoms with Gasteiger partial charge in [-0.15, -0.1) is 0 Å². The number of aliphatic hydroxyl groups is 2. The Morgan fingerprint density at radius 1 is 1.25 bits per heavy atom. The van der Waals surface area contributed by atoms with Crippen molar-refractivity contribution in [3.8, 4) is 0 Å². The first-order chi connectivity index (χ1) is 7.50. The zero-order valence-electron chi connectivity index (χ0n) is 9.00. The van der Waals surface area contributed by atoms with Crippen LogP contribution in [0.1, 0.15) is 12.5 Å². The van der Waals surface area contributed by atoms with Crippen LogP contribution < -0.4 is 5.32 Å². The number of nitrogens with one attached hydrogen (secondary N) is 1. The molecule has 0 spiro atoms. The highest BCUT2D eigenvalue weighted by molar-refractivity contribution is 5.18. The molecule has 0 aromatic heterocycles. The molecule has 0 saturated heterocycles. The summed E-state index contributed by atoms with van der Waals surface area (Å²) in [7, 11) is 0. The summed E-state index contributed by atoms with van der Waals surface area (Å²) in [6, 6.07) is 3.29. The maximum atomic E-state index is 13.2. The maximum Gasteiger partial charge on any atom is 0.130 e. The molecule has 0 aliphatic carbocycles. The molecule has 0 radical (unpaired) electrons. The van der Waals surface area contributed by atoms with Gasteiger partial charge in [-0.2, -0.15) is 0 Å². The van der Waals surface area contributed by atoms with Gasteiger partial charge in [0.05, 0.1) is 18.8 Å². The Labute approximate surface area is 92.7 Å². The topological polar surface area (TPSA) is 52.5 Å². The highest BCUT2D eigenvalue weighted by atomic mass is 19.1. The fourth-order valence-corrected chi connectivity index (χ4v) is 1.14. The zero-order valence-corrected chi connectivity index (χ0v) is 9.00. The summed E-state index contributed by atoms with van der Waals surface area (Å²) in [5.74, 6) is -1.28. The predicted molar refractivity (Wildman–Crippen MR) is 55.8 cm³/mol. The van der Waals surface area contributed by atoms with Crippen LogP contribution in [-0.2, 0) is 6.54 Å². The summed E-state index contributed by atoms with van der Waals surface area (Å²) in [5.41, 5.74) is -0.588. The lowest BCUT2D eigenvalue weighted by molar-refractivity contribution is 0.103. The molecule has 0 aliphatic heterocycles. The smallest absolute Gasteiger partial charge is 0.130 e. The SMILES string of the molecule is CC(CO)(CO)NCc1ccc(F)cc1F. The Hall–Kier alpha value is -1.04. The Morgan fingerprint density at radius 3 is 2.38 bits per heavy atom. The van der Waals surface area contributed by atoms with Crippen LogP contribution in [-0.4, -0.2) is 29.0 Å². The van der Waals surface area contributed by atoms with Gasteiger partial charge in [0.1, 0.15) is 11.6 Å². The summed E-state index contributed by atoms with van der Waals surface area (Å²) in [6.07, 6.45) is 0. The van der Waals surface area contributed by atoms with Crippen molar-refractivity contribution >= 4 is 0 Å². The largest absolute Gasteiger partial charge is 0.394 e. The van der Waals surface area contributed by atoms with E-state index in [-0.39, 0.29) is 25.3 Å². The molecule has 0 aliphatic rings. The summed E-state index contributed by atoms with van der Waals surface area (Å²) in [6.45, 7) is 1.18. The van der Waals surface area contributed by atoms with E-state index in [1.807, 2.05) is 0 Å². The predicted octanol–water partition coefficient (Wildman–Crippen LogP) is 0.798. The van der Waals surface area contributed by atoms with Crippen molar-refractivity contribution in [2.75, 3.05) is 13.2 Å². The molecule has 3 N–H and O–H groups in total. The lowest BCUT2D eigenvalue weighted by Gasteiger charge is -2.26. The number of benzene rings is 1. The molecule has 1 aromatic rings. The Morgan fingerprint density at radius 2 is 1.88 bits per heavy atom. The van der Waals surface area contributed by atoms with Crippen molar-refractivity contribution in [2.24, 2.45) is 0 Å². The van der Waals surface area contributed by atoms with Gasteiger partial charge in [-0.25, -0.2) is 8.78 Å². The molecule has 0 fully saturated rings. The van der Waals surface area contributed by atoms with Crippen molar-refractivity contribution in [3.63, 3.8) is 0 Å². The van der Waals surface area contributed by atoms with E-state index >= 15 is 0 Å². The molecule has 0 amide bonds. The van der Waals surface area contributed by atoms with Crippen LogP contribution in [0.25, 0.3) is 0 Å². The van der Waals surface area contributed by atoms with Gasteiger partial charge in [-0.3, -0.25) is 0 Å². The number of hydrogen-bond acceptors (Lipinski definition) is 3. The Bertz CT molecular complexity index is 354. The van der Waals surface area contributed by atoms with Crippen molar-refractivity contribution < 1.29 is 19.0 Å². The minimum Gasteiger partial charge on any atom is -0.394 e. The van der Waals surface area contributed by atoms with Gasteiger partial charge in [-0.1, -0.05) is 6.07 Å². The molecule has 0 atom stereocenters. The second kappa shape index (κ2) is 5.34. The first kappa shape index (κ1) is 13.0. The second-order valence-electron chi connectivity index (χ2n) is 3.97. The average molecular weight is 231 g/mol. The molecule has 1 aromatic carbocycles. The molecule has 3 nitrogen and oxygen atoms in total. The molecule has 90 valence electrons. The van der Waals surface area contributed by atoms with Gasteiger partial charge >= 0.3 is 0 Å². The third kappa shape index (κ3) is 3.23. The van der Waals surface area contributed by atoms with Crippen LogP contribution in [0.3, 0.4) is 0 Å². The quantitative estimate of drug-likeness (QED) is 0.702.